The summed E-state index contributed by atoms with van der Waals surface area (Å²) in [4.78, 5) is 0. The van der Waals surface area contributed by atoms with Gasteiger partial charge in [0.15, 0.2) is 0 Å². The van der Waals surface area contributed by atoms with Crippen LogP contribution in [0.25, 0.3) is 59.5 Å². The number of nitrogens with zero attached hydrogens (tertiary/aromatic N) is 1. The van der Waals surface area contributed by atoms with Gasteiger partial charge in [-0.2, -0.15) is 0 Å². The van der Waals surface area contributed by atoms with Crippen molar-refractivity contribution in [2.24, 2.45) is 5.92 Å². The largest absolute Gasteiger partial charge is 0.308 e. The Bertz CT molecular complexity index is 2180. The first-order valence-corrected chi connectivity index (χ1v) is 15.7. The molecule has 41 heavy (non-hydrogen) atoms. The molecular formula is C39H31NS. The molecular weight excluding hydrogens is 515 g/mol. The van der Waals surface area contributed by atoms with Gasteiger partial charge in [0.05, 0.1) is 15.9 Å². The van der Waals surface area contributed by atoms with Gasteiger partial charge >= 0.3 is 0 Å². The lowest BCUT2D eigenvalue weighted by atomic mass is 9.93. The van der Waals surface area contributed by atoms with Crippen LogP contribution in [0.15, 0.2) is 96.6 Å². The van der Waals surface area contributed by atoms with E-state index >= 15 is 0 Å². The lowest BCUT2D eigenvalue weighted by Crippen LogP contribution is -2.05. The molecule has 0 fully saturated rings. The summed E-state index contributed by atoms with van der Waals surface area (Å²) < 4.78 is 5.25. The average Bonchev–Trinajstić information content (AvgIpc) is 3.66. The number of hydrogen-bond acceptors (Lipinski definition) is 1. The van der Waals surface area contributed by atoms with Crippen LogP contribution < -0.4 is 0 Å². The van der Waals surface area contributed by atoms with Crippen molar-refractivity contribution in [3.05, 3.63) is 125 Å². The first-order valence-electron chi connectivity index (χ1n) is 14.9. The zero-order valence-electron chi connectivity index (χ0n) is 23.5. The third-order valence-electron chi connectivity index (χ3n) is 9.54. The molecule has 0 amide bonds. The molecule has 3 aliphatic rings. The van der Waals surface area contributed by atoms with E-state index in [1.165, 1.54) is 94.3 Å². The summed E-state index contributed by atoms with van der Waals surface area (Å²) in [6.45, 7) is 4.53. The third-order valence-corrected chi connectivity index (χ3v) is 10.7. The van der Waals surface area contributed by atoms with Crippen LogP contribution in [0.4, 0.5) is 0 Å². The highest BCUT2D eigenvalue weighted by molar-refractivity contribution is 7.26. The molecule has 1 unspecified atom stereocenters. The van der Waals surface area contributed by atoms with Crippen molar-refractivity contribution in [1.82, 2.24) is 4.57 Å². The zero-order chi connectivity index (χ0) is 27.2. The molecule has 0 saturated carbocycles. The molecule has 4 aromatic carbocycles. The van der Waals surface area contributed by atoms with Gasteiger partial charge in [0.25, 0.3) is 0 Å². The summed E-state index contributed by atoms with van der Waals surface area (Å²) in [5.41, 5.74) is 15.5. The predicted molar refractivity (Wildman–Crippen MR) is 177 cm³/mol. The van der Waals surface area contributed by atoms with Gasteiger partial charge in [-0.15, -0.1) is 11.3 Å². The molecule has 2 aromatic heterocycles. The summed E-state index contributed by atoms with van der Waals surface area (Å²) in [6.07, 6.45) is 14.0. The van der Waals surface area contributed by atoms with Crippen molar-refractivity contribution in [3.63, 3.8) is 0 Å². The quantitative estimate of drug-likeness (QED) is 0.204. The molecule has 2 heteroatoms. The Balaban J connectivity index is 1.24. The Kier molecular flexibility index (Phi) is 4.99. The van der Waals surface area contributed by atoms with Gasteiger partial charge in [-0.25, -0.2) is 0 Å². The molecule has 0 saturated heterocycles. The summed E-state index contributed by atoms with van der Waals surface area (Å²) in [6, 6.07) is 27.9. The van der Waals surface area contributed by atoms with Crippen LogP contribution in [-0.2, 0) is 12.8 Å². The third kappa shape index (κ3) is 3.41. The molecule has 0 spiro atoms. The van der Waals surface area contributed by atoms with Crippen molar-refractivity contribution in [3.8, 4) is 16.8 Å². The van der Waals surface area contributed by atoms with E-state index in [0.29, 0.717) is 5.92 Å². The molecule has 0 bridgehead atoms. The molecule has 9 rings (SSSR count). The topological polar surface area (TPSA) is 4.93 Å². The summed E-state index contributed by atoms with van der Waals surface area (Å²) in [7, 11) is 0. The molecule has 1 nitrogen and oxygen atoms in total. The number of benzene rings is 4. The van der Waals surface area contributed by atoms with Crippen LogP contribution in [-0.4, -0.2) is 4.57 Å². The van der Waals surface area contributed by atoms with E-state index in [9.17, 15) is 0 Å². The van der Waals surface area contributed by atoms with E-state index in [0.717, 1.165) is 12.8 Å². The molecule has 3 aliphatic carbocycles. The highest BCUT2D eigenvalue weighted by Gasteiger charge is 2.25. The van der Waals surface area contributed by atoms with Crippen molar-refractivity contribution >= 4 is 54.1 Å². The summed E-state index contributed by atoms with van der Waals surface area (Å²) in [5, 5.41) is 4.12. The molecule has 6 aromatic rings. The minimum Gasteiger partial charge on any atom is -0.308 e. The fourth-order valence-electron chi connectivity index (χ4n) is 7.60. The Morgan fingerprint density at radius 2 is 1.73 bits per heavy atom. The van der Waals surface area contributed by atoms with Gasteiger partial charge in [0, 0.05) is 26.6 Å². The second-order valence-corrected chi connectivity index (χ2v) is 13.2. The van der Waals surface area contributed by atoms with Gasteiger partial charge in [0.1, 0.15) is 0 Å². The van der Waals surface area contributed by atoms with Crippen LogP contribution in [0, 0.1) is 12.8 Å². The Morgan fingerprint density at radius 3 is 2.68 bits per heavy atom. The number of aryl methyl sites for hydroxylation is 1. The lowest BCUT2D eigenvalue weighted by Gasteiger charge is -2.16. The van der Waals surface area contributed by atoms with Crippen LogP contribution >= 0.6 is 11.3 Å². The fraction of sp³-hybridized carbons (Fsp3) is 0.179. The van der Waals surface area contributed by atoms with Gasteiger partial charge in [-0.1, -0.05) is 78.8 Å². The maximum Gasteiger partial charge on any atom is 0.0640 e. The van der Waals surface area contributed by atoms with Gasteiger partial charge in [-0.3, -0.25) is 0 Å². The van der Waals surface area contributed by atoms with E-state index in [2.05, 4.69) is 116 Å². The van der Waals surface area contributed by atoms with Crippen LogP contribution in [0.3, 0.4) is 0 Å². The van der Waals surface area contributed by atoms with E-state index in [1.807, 2.05) is 11.3 Å². The zero-order valence-corrected chi connectivity index (χ0v) is 24.3. The number of hydrogen-bond donors (Lipinski definition) is 0. The summed E-state index contributed by atoms with van der Waals surface area (Å²) >= 11 is 1.93. The Morgan fingerprint density at radius 1 is 0.829 bits per heavy atom. The molecule has 0 N–H and O–H groups in total. The number of allylic oxidation sites excluding steroid dienone is 5. The second kappa shape index (κ2) is 8.68. The number of fused-ring (bicyclic) bond motifs is 8. The predicted octanol–water partition coefficient (Wildman–Crippen LogP) is 10.8. The number of rotatable bonds is 2. The number of thiophene rings is 1. The minimum atomic E-state index is 0.566. The molecule has 1 atom stereocenters. The second-order valence-electron chi connectivity index (χ2n) is 12.2. The number of aromatic nitrogens is 1. The monoisotopic (exact) mass is 545 g/mol. The SMILES string of the molecule is Cc1ccc2c(c1)c1c(n2-c2cccc3c2sc2ccc(-c4cccc5c4CC4=C5C=CCC4)cc23)C=CC(C)C1. The molecule has 2 heterocycles. The van der Waals surface area contributed by atoms with E-state index in [4.69, 9.17) is 0 Å². The fourth-order valence-corrected chi connectivity index (χ4v) is 8.79. The van der Waals surface area contributed by atoms with Crippen LogP contribution in [0.2, 0.25) is 0 Å². The summed E-state index contributed by atoms with van der Waals surface area (Å²) in [5.74, 6) is 0.566. The molecule has 0 aliphatic heterocycles. The van der Waals surface area contributed by atoms with Crippen LogP contribution in [0.5, 0.6) is 0 Å². The smallest absolute Gasteiger partial charge is 0.0640 e. The highest BCUT2D eigenvalue weighted by Crippen LogP contribution is 2.45. The van der Waals surface area contributed by atoms with E-state index in [1.54, 1.807) is 5.57 Å². The van der Waals surface area contributed by atoms with Gasteiger partial charge in [-0.05, 0) is 108 Å². The maximum absolute atomic E-state index is 2.53. The molecule has 0 radical (unpaired) electrons. The van der Waals surface area contributed by atoms with E-state index < -0.39 is 0 Å². The van der Waals surface area contributed by atoms with Gasteiger partial charge < -0.3 is 4.57 Å². The minimum absolute atomic E-state index is 0.566. The Labute approximate surface area is 244 Å². The average molecular weight is 546 g/mol. The van der Waals surface area contributed by atoms with Crippen LogP contribution in [0.1, 0.15) is 47.7 Å². The Hall–Kier alpha value is -4.14. The van der Waals surface area contributed by atoms with Gasteiger partial charge in [0.2, 0.25) is 0 Å². The lowest BCUT2D eigenvalue weighted by molar-refractivity contribution is 0.718. The normalized spacial score (nSPS) is 17.6. The first-order chi connectivity index (χ1) is 20.1. The first kappa shape index (κ1) is 23.6. The van der Waals surface area contributed by atoms with Crippen molar-refractivity contribution in [2.75, 3.05) is 0 Å². The highest BCUT2D eigenvalue weighted by atomic mass is 32.1. The maximum atomic E-state index is 2.53. The van der Waals surface area contributed by atoms with E-state index in [-0.39, 0.29) is 0 Å². The van der Waals surface area contributed by atoms with Crippen molar-refractivity contribution in [1.29, 1.82) is 0 Å². The standard InChI is InChI=1S/C39H31NS/c1-23-13-16-35-32(19-23)33-20-24(2)14-17-36(33)40(35)37-12-6-11-30-34-22-26(15-18-38(34)41-39(30)37)28-9-5-10-29-27-8-4-3-7-25(27)21-31(28)29/h4-6,8-19,22,24H,3,7,20-21H2,1-2H3. The molecule has 198 valence electrons. The van der Waals surface area contributed by atoms with Crippen molar-refractivity contribution in [2.45, 2.75) is 39.5 Å². The van der Waals surface area contributed by atoms with Crippen molar-refractivity contribution < 1.29 is 0 Å².